The molecule has 1 aromatic heterocycles. The first-order chi connectivity index (χ1) is 10.7. The lowest BCUT2D eigenvalue weighted by atomic mass is 10.1. The molecule has 5 nitrogen and oxygen atoms in total. The number of carbonyl (C=O) groups excluding carboxylic acids is 1. The van der Waals surface area contributed by atoms with E-state index in [9.17, 15) is 4.79 Å². The van der Waals surface area contributed by atoms with Gasteiger partial charge in [0, 0.05) is 30.4 Å². The normalized spacial score (nSPS) is 15.0. The van der Waals surface area contributed by atoms with E-state index in [4.69, 9.17) is 5.26 Å². The van der Waals surface area contributed by atoms with Crippen molar-refractivity contribution < 1.29 is 4.79 Å². The zero-order valence-electron chi connectivity index (χ0n) is 12.9. The van der Waals surface area contributed by atoms with Crippen molar-refractivity contribution in [3.63, 3.8) is 0 Å². The third-order valence-corrected chi connectivity index (χ3v) is 3.74. The SMILES string of the molecule is C=C(C#N)CC/C=C\c1cnn(CC(=O)N2CCCCC2)c1. The molecule has 0 aliphatic carbocycles. The van der Waals surface area contributed by atoms with Gasteiger partial charge in [-0.25, -0.2) is 0 Å². The largest absolute Gasteiger partial charge is 0.341 e. The molecule has 2 rings (SSSR count). The summed E-state index contributed by atoms with van der Waals surface area (Å²) in [5.74, 6) is 0.142. The average Bonchev–Trinajstić information content (AvgIpc) is 2.99. The Balaban J connectivity index is 1.80. The number of carbonyl (C=O) groups is 1. The van der Waals surface area contributed by atoms with Gasteiger partial charge in [-0.15, -0.1) is 0 Å². The van der Waals surface area contributed by atoms with Crippen LogP contribution in [0, 0.1) is 11.3 Å². The smallest absolute Gasteiger partial charge is 0.244 e. The van der Waals surface area contributed by atoms with Gasteiger partial charge in [0.25, 0.3) is 0 Å². The highest BCUT2D eigenvalue weighted by molar-refractivity contribution is 5.76. The number of nitriles is 1. The van der Waals surface area contributed by atoms with Gasteiger partial charge in [-0.1, -0.05) is 18.7 Å². The second kappa shape index (κ2) is 8.18. The van der Waals surface area contributed by atoms with E-state index in [0.717, 1.165) is 37.9 Å². The second-order valence-electron chi connectivity index (χ2n) is 5.57. The third-order valence-electron chi connectivity index (χ3n) is 3.74. The highest BCUT2D eigenvalue weighted by atomic mass is 16.2. The van der Waals surface area contributed by atoms with Crippen LogP contribution >= 0.6 is 0 Å². The molecule has 0 N–H and O–H groups in total. The molecular weight excluding hydrogens is 276 g/mol. The number of hydrogen-bond donors (Lipinski definition) is 0. The Morgan fingerprint density at radius 1 is 1.41 bits per heavy atom. The molecule has 5 heteroatoms. The van der Waals surface area contributed by atoms with E-state index in [1.165, 1.54) is 6.42 Å². The minimum absolute atomic E-state index is 0.142. The summed E-state index contributed by atoms with van der Waals surface area (Å²) in [5, 5.41) is 12.9. The van der Waals surface area contributed by atoms with Crippen LogP contribution in [0.2, 0.25) is 0 Å². The molecule has 0 bridgehead atoms. The Bertz CT molecular complexity index is 588. The van der Waals surface area contributed by atoms with Gasteiger partial charge >= 0.3 is 0 Å². The highest BCUT2D eigenvalue weighted by Crippen LogP contribution is 2.10. The standard InChI is InChI=1S/C17H22N4O/c1-15(11-18)7-3-4-8-16-12-19-21(13-16)14-17(22)20-9-5-2-6-10-20/h4,8,12-13H,1-3,5-7,9-10,14H2/b8-4-. The minimum Gasteiger partial charge on any atom is -0.341 e. The molecule has 0 radical (unpaired) electrons. The van der Waals surface area contributed by atoms with Gasteiger partial charge in [-0.3, -0.25) is 9.48 Å². The predicted molar refractivity (Wildman–Crippen MR) is 85.7 cm³/mol. The van der Waals surface area contributed by atoms with Crippen LogP contribution in [0.5, 0.6) is 0 Å². The Morgan fingerprint density at radius 3 is 2.91 bits per heavy atom. The molecule has 0 unspecified atom stereocenters. The highest BCUT2D eigenvalue weighted by Gasteiger charge is 2.16. The molecule has 0 atom stereocenters. The second-order valence-corrected chi connectivity index (χ2v) is 5.57. The van der Waals surface area contributed by atoms with E-state index in [1.807, 2.05) is 29.3 Å². The van der Waals surface area contributed by atoms with Crippen LogP contribution in [0.1, 0.15) is 37.7 Å². The van der Waals surface area contributed by atoms with Gasteiger partial charge in [0.1, 0.15) is 6.54 Å². The first-order valence-corrected chi connectivity index (χ1v) is 7.73. The van der Waals surface area contributed by atoms with Gasteiger partial charge in [0.2, 0.25) is 5.91 Å². The number of rotatable bonds is 6. The Kier molecular flexibility index (Phi) is 5.96. The van der Waals surface area contributed by atoms with Crippen molar-refractivity contribution in [2.45, 2.75) is 38.6 Å². The molecule has 1 aliphatic heterocycles. The van der Waals surface area contributed by atoms with Gasteiger partial charge in [0.05, 0.1) is 12.3 Å². The lowest BCUT2D eigenvalue weighted by Crippen LogP contribution is -2.37. The van der Waals surface area contributed by atoms with Crippen LogP contribution in [0.15, 0.2) is 30.6 Å². The molecule has 0 saturated carbocycles. The number of piperidine rings is 1. The summed E-state index contributed by atoms with van der Waals surface area (Å²) in [6.45, 7) is 5.69. The number of likely N-dealkylation sites (tertiary alicyclic amines) is 1. The van der Waals surface area contributed by atoms with Gasteiger partial charge in [-0.2, -0.15) is 10.4 Å². The van der Waals surface area contributed by atoms with Crippen LogP contribution in [0.4, 0.5) is 0 Å². The Labute approximate surface area is 131 Å². The molecule has 116 valence electrons. The third kappa shape index (κ3) is 4.88. The summed E-state index contributed by atoms with van der Waals surface area (Å²) in [5.41, 5.74) is 1.56. The number of nitrogens with zero attached hydrogens (tertiary/aromatic N) is 4. The van der Waals surface area contributed by atoms with E-state index in [0.29, 0.717) is 18.5 Å². The molecule has 22 heavy (non-hydrogen) atoms. The zero-order chi connectivity index (χ0) is 15.8. The van der Waals surface area contributed by atoms with Crippen LogP contribution in [0.25, 0.3) is 6.08 Å². The van der Waals surface area contributed by atoms with Gasteiger partial charge in [-0.05, 0) is 32.1 Å². The predicted octanol–water partition coefficient (Wildman–Crippen LogP) is 2.77. The quantitative estimate of drug-likeness (QED) is 0.759. The Hall–Kier alpha value is -2.35. The fraction of sp³-hybridized carbons (Fsp3) is 0.471. The maximum Gasteiger partial charge on any atom is 0.244 e. The minimum atomic E-state index is 0.142. The summed E-state index contributed by atoms with van der Waals surface area (Å²) >= 11 is 0. The first kappa shape index (κ1) is 16.0. The topological polar surface area (TPSA) is 61.9 Å². The van der Waals surface area contributed by atoms with Crippen LogP contribution in [-0.2, 0) is 11.3 Å². The fourth-order valence-corrected chi connectivity index (χ4v) is 2.47. The van der Waals surface area contributed by atoms with Crippen molar-refractivity contribution in [2.75, 3.05) is 13.1 Å². The molecule has 1 saturated heterocycles. The van der Waals surface area contributed by atoms with Gasteiger partial charge < -0.3 is 4.90 Å². The molecule has 0 aromatic carbocycles. The van der Waals surface area contributed by atoms with Gasteiger partial charge in [0.15, 0.2) is 0 Å². The van der Waals surface area contributed by atoms with E-state index < -0.39 is 0 Å². The van der Waals surface area contributed by atoms with Crippen molar-refractivity contribution in [3.05, 3.63) is 36.2 Å². The van der Waals surface area contributed by atoms with Crippen LogP contribution in [0.3, 0.4) is 0 Å². The van der Waals surface area contributed by atoms with E-state index >= 15 is 0 Å². The zero-order valence-corrected chi connectivity index (χ0v) is 12.9. The van der Waals surface area contributed by atoms with E-state index in [1.54, 1.807) is 10.9 Å². The average molecular weight is 298 g/mol. The summed E-state index contributed by atoms with van der Waals surface area (Å²) in [6.07, 6.45) is 12.5. The molecule has 1 aliphatic rings. The monoisotopic (exact) mass is 298 g/mol. The lowest BCUT2D eigenvalue weighted by Gasteiger charge is -2.26. The molecule has 2 heterocycles. The maximum atomic E-state index is 12.2. The molecule has 0 spiro atoms. The first-order valence-electron chi connectivity index (χ1n) is 7.73. The molecule has 1 aromatic rings. The fourth-order valence-electron chi connectivity index (χ4n) is 2.47. The summed E-state index contributed by atoms with van der Waals surface area (Å²) in [6, 6.07) is 2.03. The molecule has 1 amide bonds. The van der Waals surface area contributed by atoms with E-state index in [-0.39, 0.29) is 5.91 Å². The number of allylic oxidation sites excluding steroid dienone is 2. The Morgan fingerprint density at radius 2 is 2.18 bits per heavy atom. The van der Waals surface area contributed by atoms with Crippen LogP contribution in [-0.4, -0.2) is 33.7 Å². The van der Waals surface area contributed by atoms with Crippen molar-refractivity contribution in [2.24, 2.45) is 0 Å². The van der Waals surface area contributed by atoms with Crippen molar-refractivity contribution in [1.82, 2.24) is 14.7 Å². The van der Waals surface area contributed by atoms with E-state index in [2.05, 4.69) is 11.7 Å². The number of amides is 1. The summed E-state index contributed by atoms with van der Waals surface area (Å²) in [4.78, 5) is 14.1. The molecule has 1 fully saturated rings. The number of aromatic nitrogens is 2. The van der Waals surface area contributed by atoms with Crippen molar-refractivity contribution in [1.29, 1.82) is 5.26 Å². The summed E-state index contributed by atoms with van der Waals surface area (Å²) < 4.78 is 1.69. The van der Waals surface area contributed by atoms with Crippen molar-refractivity contribution in [3.8, 4) is 6.07 Å². The van der Waals surface area contributed by atoms with Crippen molar-refractivity contribution >= 4 is 12.0 Å². The summed E-state index contributed by atoms with van der Waals surface area (Å²) in [7, 11) is 0. The van der Waals surface area contributed by atoms with Crippen LogP contribution < -0.4 is 0 Å². The lowest BCUT2D eigenvalue weighted by molar-refractivity contribution is -0.132. The molecular formula is C17H22N4O. The number of hydrogen-bond acceptors (Lipinski definition) is 3. The maximum absolute atomic E-state index is 12.2.